The van der Waals surface area contributed by atoms with Crippen LogP contribution in [0.2, 0.25) is 0 Å². The van der Waals surface area contributed by atoms with Gasteiger partial charge in [-0.2, -0.15) is 0 Å². The minimum atomic E-state index is 0.885. The highest BCUT2D eigenvalue weighted by Gasteiger charge is 2.26. The molecule has 0 aromatic heterocycles. The molecule has 0 amide bonds. The standard InChI is InChI=1S/C16H32N2/c1-3-10-18(13-15-7-5-9-17-12-15)16-8-4-6-14(2)11-16/h14-17H,3-13H2,1-2H3. The molecule has 3 unspecified atom stereocenters. The molecule has 0 spiro atoms. The Balaban J connectivity index is 1.85. The summed E-state index contributed by atoms with van der Waals surface area (Å²) in [5, 5.41) is 3.57. The van der Waals surface area contributed by atoms with Crippen LogP contribution in [0.4, 0.5) is 0 Å². The molecule has 1 aliphatic carbocycles. The lowest BCUT2D eigenvalue weighted by molar-refractivity contribution is 0.108. The lowest BCUT2D eigenvalue weighted by atomic mass is 9.85. The Hall–Kier alpha value is -0.0800. The zero-order valence-electron chi connectivity index (χ0n) is 12.5. The second-order valence-corrected chi connectivity index (χ2v) is 6.63. The lowest BCUT2D eigenvalue weighted by Gasteiger charge is -2.39. The third-order valence-corrected chi connectivity index (χ3v) is 4.83. The van der Waals surface area contributed by atoms with E-state index in [1.54, 1.807) is 0 Å². The van der Waals surface area contributed by atoms with Crippen molar-refractivity contribution < 1.29 is 0 Å². The molecule has 18 heavy (non-hydrogen) atoms. The Morgan fingerprint density at radius 3 is 2.72 bits per heavy atom. The Kier molecular flexibility index (Phi) is 5.97. The second-order valence-electron chi connectivity index (χ2n) is 6.63. The van der Waals surface area contributed by atoms with E-state index in [9.17, 15) is 0 Å². The SMILES string of the molecule is CCCN(CC1CCCNC1)C1CCCC(C)C1. The molecule has 3 atom stereocenters. The van der Waals surface area contributed by atoms with Gasteiger partial charge in [0.15, 0.2) is 0 Å². The Bertz CT molecular complexity index is 223. The van der Waals surface area contributed by atoms with Gasteiger partial charge in [-0.1, -0.05) is 26.7 Å². The summed E-state index contributed by atoms with van der Waals surface area (Å²) in [6.45, 7) is 9.93. The van der Waals surface area contributed by atoms with E-state index in [0.717, 1.165) is 17.9 Å². The molecule has 2 heteroatoms. The molecule has 1 saturated heterocycles. The molecule has 0 radical (unpaired) electrons. The van der Waals surface area contributed by atoms with Gasteiger partial charge in [-0.3, -0.25) is 0 Å². The first-order valence-corrected chi connectivity index (χ1v) is 8.24. The molecular formula is C16H32N2. The Labute approximate surface area is 114 Å². The average molecular weight is 252 g/mol. The maximum Gasteiger partial charge on any atom is 0.00979 e. The summed E-state index contributed by atoms with van der Waals surface area (Å²) >= 11 is 0. The van der Waals surface area contributed by atoms with E-state index in [2.05, 4.69) is 24.1 Å². The van der Waals surface area contributed by atoms with Gasteiger partial charge in [0, 0.05) is 12.6 Å². The Morgan fingerprint density at radius 2 is 2.06 bits per heavy atom. The van der Waals surface area contributed by atoms with E-state index in [0.29, 0.717) is 0 Å². The summed E-state index contributed by atoms with van der Waals surface area (Å²) in [4.78, 5) is 2.83. The fourth-order valence-electron chi connectivity index (χ4n) is 3.86. The molecule has 0 aromatic rings. The number of rotatable bonds is 5. The van der Waals surface area contributed by atoms with E-state index in [-0.39, 0.29) is 0 Å². The normalized spacial score (nSPS) is 33.8. The smallest absolute Gasteiger partial charge is 0.00979 e. The van der Waals surface area contributed by atoms with Crippen LogP contribution in [0.3, 0.4) is 0 Å². The summed E-state index contributed by atoms with van der Waals surface area (Å²) < 4.78 is 0. The zero-order valence-corrected chi connectivity index (χ0v) is 12.5. The number of piperidine rings is 1. The second kappa shape index (κ2) is 7.49. The minimum absolute atomic E-state index is 0.885. The van der Waals surface area contributed by atoms with Crippen LogP contribution in [0, 0.1) is 11.8 Å². The minimum Gasteiger partial charge on any atom is -0.316 e. The molecule has 0 bridgehead atoms. The summed E-state index contributed by atoms with van der Waals surface area (Å²) in [6.07, 6.45) is 9.94. The topological polar surface area (TPSA) is 15.3 Å². The predicted octanol–water partition coefficient (Wildman–Crippen LogP) is 3.28. The number of nitrogens with zero attached hydrogens (tertiary/aromatic N) is 1. The van der Waals surface area contributed by atoms with Crippen LogP contribution >= 0.6 is 0 Å². The van der Waals surface area contributed by atoms with Crippen LogP contribution in [-0.2, 0) is 0 Å². The maximum atomic E-state index is 3.57. The van der Waals surface area contributed by atoms with Crippen LogP contribution in [0.5, 0.6) is 0 Å². The van der Waals surface area contributed by atoms with Gasteiger partial charge in [0.25, 0.3) is 0 Å². The van der Waals surface area contributed by atoms with E-state index in [4.69, 9.17) is 0 Å². The molecule has 0 aromatic carbocycles. The van der Waals surface area contributed by atoms with Crippen molar-refractivity contribution in [2.75, 3.05) is 26.2 Å². The van der Waals surface area contributed by atoms with Crippen molar-refractivity contribution in [3.05, 3.63) is 0 Å². The van der Waals surface area contributed by atoms with Crippen molar-refractivity contribution in [3.63, 3.8) is 0 Å². The van der Waals surface area contributed by atoms with Gasteiger partial charge in [-0.05, 0) is 63.6 Å². The number of nitrogens with one attached hydrogen (secondary N) is 1. The summed E-state index contributed by atoms with van der Waals surface area (Å²) in [5.41, 5.74) is 0. The largest absolute Gasteiger partial charge is 0.316 e. The first kappa shape index (κ1) is 14.3. The van der Waals surface area contributed by atoms with E-state index >= 15 is 0 Å². The summed E-state index contributed by atoms with van der Waals surface area (Å²) in [5.74, 6) is 1.86. The lowest BCUT2D eigenvalue weighted by Crippen LogP contribution is -2.44. The monoisotopic (exact) mass is 252 g/mol. The number of hydrogen-bond donors (Lipinski definition) is 1. The van der Waals surface area contributed by atoms with Crippen molar-refractivity contribution in [1.29, 1.82) is 0 Å². The zero-order chi connectivity index (χ0) is 12.8. The quantitative estimate of drug-likeness (QED) is 0.808. The third kappa shape index (κ3) is 4.24. The molecule has 1 N–H and O–H groups in total. The van der Waals surface area contributed by atoms with Crippen LogP contribution < -0.4 is 5.32 Å². The van der Waals surface area contributed by atoms with Gasteiger partial charge in [0.2, 0.25) is 0 Å². The molecule has 2 fully saturated rings. The van der Waals surface area contributed by atoms with Crippen LogP contribution in [0.1, 0.15) is 58.8 Å². The molecule has 1 aliphatic heterocycles. The summed E-state index contributed by atoms with van der Waals surface area (Å²) in [6, 6.07) is 0.885. The number of hydrogen-bond acceptors (Lipinski definition) is 2. The van der Waals surface area contributed by atoms with Gasteiger partial charge >= 0.3 is 0 Å². The summed E-state index contributed by atoms with van der Waals surface area (Å²) in [7, 11) is 0. The Morgan fingerprint density at radius 1 is 1.17 bits per heavy atom. The first-order chi connectivity index (χ1) is 8.79. The van der Waals surface area contributed by atoms with Crippen molar-refractivity contribution >= 4 is 0 Å². The van der Waals surface area contributed by atoms with Crippen LogP contribution in [-0.4, -0.2) is 37.1 Å². The van der Waals surface area contributed by atoms with Crippen molar-refractivity contribution in [2.45, 2.75) is 64.8 Å². The fourth-order valence-corrected chi connectivity index (χ4v) is 3.86. The van der Waals surface area contributed by atoms with Crippen molar-refractivity contribution in [2.24, 2.45) is 11.8 Å². The predicted molar refractivity (Wildman–Crippen MR) is 78.9 cm³/mol. The van der Waals surface area contributed by atoms with Crippen molar-refractivity contribution in [3.8, 4) is 0 Å². The fraction of sp³-hybridized carbons (Fsp3) is 1.00. The molecule has 2 aliphatic rings. The average Bonchev–Trinajstić information content (AvgIpc) is 2.39. The van der Waals surface area contributed by atoms with Gasteiger partial charge in [0.05, 0.1) is 0 Å². The third-order valence-electron chi connectivity index (χ3n) is 4.83. The van der Waals surface area contributed by atoms with Crippen LogP contribution in [0.15, 0.2) is 0 Å². The molecular weight excluding hydrogens is 220 g/mol. The van der Waals surface area contributed by atoms with Gasteiger partial charge in [-0.15, -0.1) is 0 Å². The highest BCUT2D eigenvalue weighted by atomic mass is 15.2. The highest BCUT2D eigenvalue weighted by molar-refractivity contribution is 4.81. The van der Waals surface area contributed by atoms with E-state index in [1.807, 2.05) is 0 Å². The van der Waals surface area contributed by atoms with Gasteiger partial charge in [-0.25, -0.2) is 0 Å². The van der Waals surface area contributed by atoms with Crippen LogP contribution in [0.25, 0.3) is 0 Å². The van der Waals surface area contributed by atoms with E-state index in [1.165, 1.54) is 71.1 Å². The van der Waals surface area contributed by atoms with Gasteiger partial charge < -0.3 is 10.2 Å². The molecule has 2 rings (SSSR count). The molecule has 1 saturated carbocycles. The van der Waals surface area contributed by atoms with Gasteiger partial charge in [0.1, 0.15) is 0 Å². The molecule has 1 heterocycles. The molecule has 2 nitrogen and oxygen atoms in total. The highest BCUT2D eigenvalue weighted by Crippen LogP contribution is 2.28. The maximum absolute atomic E-state index is 3.57. The first-order valence-electron chi connectivity index (χ1n) is 8.24. The van der Waals surface area contributed by atoms with Crippen molar-refractivity contribution in [1.82, 2.24) is 10.2 Å². The van der Waals surface area contributed by atoms with E-state index < -0.39 is 0 Å². The molecule has 106 valence electrons.